The fourth-order valence-electron chi connectivity index (χ4n) is 0.973. The van der Waals surface area contributed by atoms with Gasteiger partial charge in [-0.2, -0.15) is 8.78 Å². The third kappa shape index (κ3) is 7.37. The van der Waals surface area contributed by atoms with Gasteiger partial charge in [0.2, 0.25) is 0 Å². The highest BCUT2D eigenvalue weighted by Gasteiger charge is 2.25. The average Bonchev–Trinajstić information content (AvgIpc) is 2.21. The number of Topliss-reactive ketones (excluding diaryl/α,β-unsaturated/α-hetero) is 1. The van der Waals surface area contributed by atoms with Gasteiger partial charge < -0.3 is 5.32 Å². The van der Waals surface area contributed by atoms with Crippen LogP contribution in [0.5, 0.6) is 0 Å². The fourth-order valence-corrected chi connectivity index (χ4v) is 2.03. The van der Waals surface area contributed by atoms with Gasteiger partial charge in [-0.25, -0.2) is 8.42 Å². The van der Waals surface area contributed by atoms with Crippen LogP contribution in [0.3, 0.4) is 0 Å². The molecule has 0 bridgehead atoms. The highest BCUT2D eigenvalue weighted by molar-refractivity contribution is 9.09. The van der Waals surface area contributed by atoms with E-state index in [1.807, 2.05) is 0 Å². The van der Waals surface area contributed by atoms with Crippen LogP contribution in [0, 0.1) is 0 Å². The lowest BCUT2D eigenvalue weighted by atomic mass is 10.1. The number of hydrogen-bond donors (Lipinski definition) is 1. The summed E-state index contributed by atoms with van der Waals surface area (Å²) in [4.78, 5) is 22.0. The largest absolute Gasteiger partial charge is 0.341 e. The highest BCUT2D eigenvalue weighted by atomic mass is 79.9. The molecule has 0 aliphatic carbocycles. The Kier molecular flexibility index (Phi) is 6.76. The number of nitrogens with one attached hydrogen (secondary N) is 1. The molecule has 0 spiro atoms. The first kappa shape index (κ1) is 16.4. The number of rotatable bonds is 7. The van der Waals surface area contributed by atoms with Crippen molar-refractivity contribution < 1.29 is 26.8 Å². The van der Waals surface area contributed by atoms with Crippen molar-refractivity contribution in [3.63, 3.8) is 0 Å². The fraction of sp³-hybridized carbons (Fsp3) is 0.750. The van der Waals surface area contributed by atoms with Crippen molar-refractivity contribution in [3.8, 4) is 0 Å². The second-order valence-electron chi connectivity index (χ2n) is 3.38. The Morgan fingerprint density at radius 1 is 1.35 bits per heavy atom. The predicted molar refractivity (Wildman–Crippen MR) is 61.1 cm³/mol. The topological polar surface area (TPSA) is 80.3 Å². The maximum atomic E-state index is 12.0. The Bertz CT molecular complexity index is 385. The molecule has 0 aliphatic heterocycles. The van der Waals surface area contributed by atoms with Gasteiger partial charge in [-0.1, -0.05) is 15.9 Å². The van der Waals surface area contributed by atoms with Gasteiger partial charge >= 0.3 is 6.43 Å². The molecule has 1 N–H and O–H groups in total. The number of hydrogen-bond acceptors (Lipinski definition) is 4. The van der Waals surface area contributed by atoms with E-state index in [9.17, 15) is 26.8 Å². The SMILES string of the molecule is CS(=O)(=O)CCC(NC(=O)C(F)F)C(=O)CBr. The zero-order valence-electron chi connectivity index (χ0n) is 8.95. The lowest BCUT2D eigenvalue weighted by molar-refractivity contribution is -0.134. The van der Waals surface area contributed by atoms with E-state index in [0.29, 0.717) is 0 Å². The van der Waals surface area contributed by atoms with Gasteiger partial charge in [-0.3, -0.25) is 9.59 Å². The van der Waals surface area contributed by atoms with E-state index >= 15 is 0 Å². The number of carbonyl (C=O) groups is 2. The molecule has 17 heavy (non-hydrogen) atoms. The lowest BCUT2D eigenvalue weighted by Crippen LogP contribution is -2.44. The summed E-state index contributed by atoms with van der Waals surface area (Å²) >= 11 is 2.83. The molecule has 0 radical (unpaired) electrons. The minimum Gasteiger partial charge on any atom is -0.341 e. The smallest absolute Gasteiger partial charge is 0.315 e. The van der Waals surface area contributed by atoms with Crippen LogP contribution in [0.4, 0.5) is 8.78 Å². The third-order valence-corrected chi connectivity index (χ3v) is 3.34. The van der Waals surface area contributed by atoms with Crippen molar-refractivity contribution in [2.75, 3.05) is 17.3 Å². The maximum absolute atomic E-state index is 12.0. The Balaban J connectivity index is 4.56. The molecular formula is C8H12BrF2NO4S. The first-order chi connectivity index (χ1) is 7.67. The summed E-state index contributed by atoms with van der Waals surface area (Å²) in [6.07, 6.45) is -2.50. The van der Waals surface area contributed by atoms with Crippen molar-refractivity contribution in [1.82, 2.24) is 5.32 Å². The van der Waals surface area contributed by atoms with Crippen LogP contribution in [0.2, 0.25) is 0 Å². The molecule has 1 atom stereocenters. The zero-order valence-corrected chi connectivity index (χ0v) is 11.4. The summed E-state index contributed by atoms with van der Waals surface area (Å²) in [5, 5.41) is 1.66. The molecule has 1 unspecified atom stereocenters. The summed E-state index contributed by atoms with van der Waals surface area (Å²) in [5.41, 5.74) is 0. The van der Waals surface area contributed by atoms with Gasteiger partial charge in [-0.05, 0) is 6.42 Å². The molecule has 0 fully saturated rings. The lowest BCUT2D eigenvalue weighted by Gasteiger charge is -2.15. The Hall–Kier alpha value is -0.570. The number of ketones is 1. The second-order valence-corrected chi connectivity index (χ2v) is 6.20. The van der Waals surface area contributed by atoms with E-state index in [1.165, 1.54) is 0 Å². The minimum absolute atomic E-state index is 0.148. The molecule has 5 nitrogen and oxygen atoms in total. The molecular weight excluding hydrogens is 324 g/mol. The van der Waals surface area contributed by atoms with E-state index in [2.05, 4.69) is 15.9 Å². The highest BCUT2D eigenvalue weighted by Crippen LogP contribution is 2.02. The molecule has 100 valence electrons. The summed E-state index contributed by atoms with van der Waals surface area (Å²) in [6.45, 7) is 0. The van der Waals surface area contributed by atoms with Gasteiger partial charge in [0.15, 0.2) is 5.78 Å². The molecule has 0 aromatic heterocycles. The molecule has 0 saturated carbocycles. The van der Waals surface area contributed by atoms with Crippen molar-refractivity contribution >= 4 is 37.5 Å². The molecule has 0 aromatic rings. The molecule has 0 aromatic carbocycles. The summed E-state index contributed by atoms with van der Waals surface area (Å²) < 4.78 is 45.7. The standard InChI is InChI=1S/C8H12BrF2NO4S/c1-17(15,16)3-2-5(6(13)4-9)12-8(14)7(10)11/h5,7H,2-4H2,1H3,(H,12,14). The Morgan fingerprint density at radius 2 is 1.88 bits per heavy atom. The molecule has 1 amide bonds. The van der Waals surface area contributed by atoms with Crippen molar-refractivity contribution in [2.45, 2.75) is 18.9 Å². The van der Waals surface area contributed by atoms with Crippen LogP contribution in [-0.2, 0) is 19.4 Å². The normalized spacial score (nSPS) is 13.5. The summed E-state index contributed by atoms with van der Waals surface area (Å²) in [6, 6.07) is -1.22. The second kappa shape index (κ2) is 7.00. The number of sulfone groups is 1. The predicted octanol–water partition coefficient (Wildman–Crippen LogP) is 0.135. The van der Waals surface area contributed by atoms with Crippen LogP contribution in [0.1, 0.15) is 6.42 Å². The van der Waals surface area contributed by atoms with Crippen molar-refractivity contribution in [3.05, 3.63) is 0 Å². The summed E-state index contributed by atoms with van der Waals surface area (Å²) in [5.74, 6) is -2.50. The molecule has 0 saturated heterocycles. The van der Waals surface area contributed by atoms with E-state index in [1.54, 1.807) is 5.32 Å². The summed E-state index contributed by atoms with van der Waals surface area (Å²) in [7, 11) is -3.32. The van der Waals surface area contributed by atoms with E-state index in [4.69, 9.17) is 0 Å². The van der Waals surface area contributed by atoms with Crippen LogP contribution in [0.15, 0.2) is 0 Å². The Morgan fingerprint density at radius 3 is 2.24 bits per heavy atom. The van der Waals surface area contributed by atoms with Gasteiger partial charge in [-0.15, -0.1) is 0 Å². The molecule has 0 aliphatic rings. The van der Waals surface area contributed by atoms with Crippen molar-refractivity contribution in [1.29, 1.82) is 0 Å². The van der Waals surface area contributed by atoms with Gasteiger partial charge in [0.25, 0.3) is 5.91 Å². The van der Waals surface area contributed by atoms with Crippen LogP contribution >= 0.6 is 15.9 Å². The van der Waals surface area contributed by atoms with Gasteiger partial charge in [0, 0.05) is 6.26 Å². The van der Waals surface area contributed by atoms with Crippen LogP contribution < -0.4 is 5.32 Å². The zero-order chi connectivity index (χ0) is 13.6. The van der Waals surface area contributed by atoms with E-state index in [-0.39, 0.29) is 17.5 Å². The first-order valence-electron chi connectivity index (χ1n) is 4.52. The molecule has 9 heteroatoms. The van der Waals surface area contributed by atoms with Crippen LogP contribution in [0.25, 0.3) is 0 Å². The third-order valence-electron chi connectivity index (χ3n) is 1.81. The van der Waals surface area contributed by atoms with Gasteiger partial charge in [0.05, 0.1) is 17.1 Å². The van der Waals surface area contributed by atoms with Crippen molar-refractivity contribution in [2.24, 2.45) is 0 Å². The average molecular weight is 336 g/mol. The number of carbonyl (C=O) groups excluding carboxylic acids is 2. The molecule has 0 rings (SSSR count). The first-order valence-corrected chi connectivity index (χ1v) is 7.70. The van der Waals surface area contributed by atoms with E-state index < -0.39 is 34.0 Å². The maximum Gasteiger partial charge on any atom is 0.315 e. The van der Waals surface area contributed by atoms with Gasteiger partial charge in [0.1, 0.15) is 9.84 Å². The minimum atomic E-state index is -3.32. The number of alkyl halides is 3. The number of amides is 1. The van der Waals surface area contributed by atoms with Crippen LogP contribution in [-0.4, -0.2) is 49.9 Å². The molecule has 0 heterocycles. The Labute approximate surface area is 106 Å². The monoisotopic (exact) mass is 335 g/mol. The van der Waals surface area contributed by atoms with E-state index in [0.717, 1.165) is 6.26 Å². The number of halogens is 3. The quantitative estimate of drug-likeness (QED) is 0.671.